The normalized spacial score (nSPS) is 10.5. The summed E-state index contributed by atoms with van der Waals surface area (Å²) in [7, 11) is 0. The van der Waals surface area contributed by atoms with E-state index < -0.39 is 0 Å². The molecule has 0 atom stereocenters. The zero-order valence-electron chi connectivity index (χ0n) is 6.77. The summed E-state index contributed by atoms with van der Waals surface area (Å²) in [5, 5.41) is 6.00. The molecule has 0 bridgehead atoms. The maximum absolute atomic E-state index is 11.1. The lowest BCUT2D eigenvalue weighted by atomic mass is 10.4. The molecule has 0 spiro atoms. The molecule has 7 heteroatoms. The smallest absolute Gasteiger partial charge is 0.293 e. The average Bonchev–Trinajstić information content (AvgIpc) is 2.59. The van der Waals surface area contributed by atoms with E-state index in [9.17, 15) is 4.79 Å². The van der Waals surface area contributed by atoms with Crippen molar-refractivity contribution in [3.05, 3.63) is 10.4 Å². The molecule has 2 aromatic rings. The molecule has 13 heavy (non-hydrogen) atoms. The Labute approximate surface area is 76.9 Å². The average molecular weight is 198 g/mol. The van der Waals surface area contributed by atoms with E-state index in [4.69, 9.17) is 4.74 Å². The van der Waals surface area contributed by atoms with Crippen molar-refractivity contribution in [3.63, 3.8) is 0 Å². The predicted octanol–water partition coefficient (Wildman–Crippen LogP) is 0.173. The number of hydrogen-bond donors (Lipinski definition) is 1. The highest BCUT2D eigenvalue weighted by atomic mass is 32.1. The molecular weight excluding hydrogens is 192 g/mol. The number of H-pyrrole nitrogens is 1. The zero-order valence-corrected chi connectivity index (χ0v) is 7.59. The third-order valence-electron chi connectivity index (χ3n) is 1.45. The van der Waals surface area contributed by atoms with E-state index in [1.807, 2.05) is 6.92 Å². The fourth-order valence-corrected chi connectivity index (χ4v) is 1.46. The summed E-state index contributed by atoms with van der Waals surface area (Å²) in [5.41, 5.74) is 0.367. The van der Waals surface area contributed by atoms with Crippen molar-refractivity contribution < 1.29 is 4.74 Å². The highest BCUT2D eigenvalue weighted by Crippen LogP contribution is 2.16. The molecule has 0 unspecified atom stereocenters. The monoisotopic (exact) mass is 198 g/mol. The van der Waals surface area contributed by atoms with E-state index in [1.165, 1.54) is 0 Å². The van der Waals surface area contributed by atoms with Gasteiger partial charge < -0.3 is 4.74 Å². The summed E-state index contributed by atoms with van der Waals surface area (Å²) in [4.78, 5) is 11.1. The number of aromatic nitrogens is 4. The molecule has 0 saturated heterocycles. The Balaban J connectivity index is 2.71. The van der Waals surface area contributed by atoms with Gasteiger partial charge in [0.05, 0.1) is 18.3 Å². The Morgan fingerprint density at radius 3 is 3.00 bits per heavy atom. The van der Waals surface area contributed by atoms with Crippen LogP contribution in [-0.2, 0) is 0 Å². The number of nitrogens with zero attached hydrogens (tertiary/aromatic N) is 3. The minimum Gasteiger partial charge on any atom is -0.475 e. The number of fused-ring (bicyclic) bond motifs is 1. The van der Waals surface area contributed by atoms with E-state index in [-0.39, 0.29) is 11.1 Å². The molecule has 1 N–H and O–H groups in total. The van der Waals surface area contributed by atoms with E-state index in [0.29, 0.717) is 18.0 Å². The second-order valence-corrected chi connectivity index (χ2v) is 2.78. The summed E-state index contributed by atoms with van der Waals surface area (Å²) in [6.07, 6.45) is 0. The number of nitrogens with one attached hydrogen (secondary N) is 1. The number of hydrogen-bond acceptors (Lipinski definition) is 6. The van der Waals surface area contributed by atoms with Gasteiger partial charge in [-0.3, -0.25) is 4.79 Å². The third-order valence-corrected chi connectivity index (χ3v) is 1.97. The van der Waals surface area contributed by atoms with Crippen molar-refractivity contribution in [2.75, 3.05) is 6.61 Å². The quantitative estimate of drug-likeness (QED) is 0.744. The van der Waals surface area contributed by atoms with Crippen molar-refractivity contribution in [2.45, 2.75) is 6.92 Å². The van der Waals surface area contributed by atoms with Crippen LogP contribution in [0.15, 0.2) is 4.79 Å². The Kier molecular flexibility index (Phi) is 1.93. The van der Waals surface area contributed by atoms with Crippen LogP contribution in [0.2, 0.25) is 0 Å². The highest BCUT2D eigenvalue weighted by Gasteiger charge is 2.10. The van der Waals surface area contributed by atoms with Gasteiger partial charge in [-0.2, -0.15) is 8.75 Å². The van der Waals surface area contributed by atoms with Gasteiger partial charge in [0, 0.05) is 0 Å². The van der Waals surface area contributed by atoms with E-state index in [2.05, 4.69) is 18.9 Å². The Hall–Kier alpha value is -1.50. The molecule has 2 rings (SSSR count). The largest absolute Gasteiger partial charge is 0.475 e. The Bertz CT molecular complexity index is 477. The summed E-state index contributed by atoms with van der Waals surface area (Å²) in [6.45, 7) is 2.31. The zero-order chi connectivity index (χ0) is 9.26. The molecular formula is C6H6N4O2S. The second-order valence-electron chi connectivity index (χ2n) is 2.25. The SMILES string of the molecule is CCOc1n[nH]c(=O)c2nsnc12. The highest BCUT2D eigenvalue weighted by molar-refractivity contribution is 7.00. The van der Waals surface area contributed by atoms with Crippen LogP contribution in [0.1, 0.15) is 6.92 Å². The van der Waals surface area contributed by atoms with Crippen molar-refractivity contribution in [1.29, 1.82) is 0 Å². The van der Waals surface area contributed by atoms with Crippen molar-refractivity contribution >= 4 is 22.8 Å². The topological polar surface area (TPSA) is 80.8 Å². The Morgan fingerprint density at radius 1 is 1.46 bits per heavy atom. The predicted molar refractivity (Wildman–Crippen MR) is 47.0 cm³/mol. The maximum atomic E-state index is 11.1. The Morgan fingerprint density at radius 2 is 2.23 bits per heavy atom. The molecule has 0 saturated carbocycles. The van der Waals surface area contributed by atoms with Crippen LogP contribution in [0.3, 0.4) is 0 Å². The molecule has 0 amide bonds. The summed E-state index contributed by atoms with van der Waals surface area (Å²) >= 11 is 0.967. The van der Waals surface area contributed by atoms with Gasteiger partial charge in [0.1, 0.15) is 0 Å². The van der Waals surface area contributed by atoms with Crippen LogP contribution in [0.4, 0.5) is 0 Å². The van der Waals surface area contributed by atoms with E-state index >= 15 is 0 Å². The van der Waals surface area contributed by atoms with Crippen LogP contribution in [0.25, 0.3) is 11.0 Å². The van der Waals surface area contributed by atoms with Crippen LogP contribution >= 0.6 is 11.7 Å². The number of rotatable bonds is 2. The fraction of sp³-hybridized carbons (Fsp3) is 0.333. The lowest BCUT2D eigenvalue weighted by Crippen LogP contribution is -2.10. The molecule has 0 aliphatic rings. The second kappa shape index (κ2) is 3.09. The van der Waals surface area contributed by atoms with Crippen molar-refractivity contribution in [3.8, 4) is 5.88 Å². The van der Waals surface area contributed by atoms with Crippen LogP contribution < -0.4 is 10.3 Å². The van der Waals surface area contributed by atoms with Crippen LogP contribution in [-0.4, -0.2) is 25.6 Å². The van der Waals surface area contributed by atoms with Gasteiger partial charge in [-0.15, -0.1) is 5.10 Å². The summed E-state index contributed by atoms with van der Waals surface area (Å²) in [5.74, 6) is 0.325. The minimum atomic E-state index is -0.341. The molecule has 0 aliphatic heterocycles. The molecule has 0 aromatic carbocycles. The standard InChI is InChI=1S/C6H6N4O2S/c1-2-12-6-4-3(9-13-10-4)5(11)7-8-6/h2H2,1H3,(H,7,11). The van der Waals surface area contributed by atoms with Crippen molar-refractivity contribution in [2.24, 2.45) is 0 Å². The number of ether oxygens (including phenoxy) is 1. The van der Waals surface area contributed by atoms with Gasteiger partial charge >= 0.3 is 0 Å². The summed E-state index contributed by atoms with van der Waals surface area (Å²) < 4.78 is 12.9. The van der Waals surface area contributed by atoms with Gasteiger partial charge in [-0.1, -0.05) is 0 Å². The number of aromatic amines is 1. The van der Waals surface area contributed by atoms with E-state index in [0.717, 1.165) is 11.7 Å². The first-order valence-corrected chi connectivity index (χ1v) is 4.39. The van der Waals surface area contributed by atoms with Crippen molar-refractivity contribution in [1.82, 2.24) is 18.9 Å². The lowest BCUT2D eigenvalue weighted by Gasteiger charge is -1.99. The first-order chi connectivity index (χ1) is 6.33. The van der Waals surface area contributed by atoms with Crippen LogP contribution in [0, 0.1) is 0 Å². The summed E-state index contributed by atoms with van der Waals surface area (Å²) in [6, 6.07) is 0. The maximum Gasteiger partial charge on any atom is 0.293 e. The molecule has 2 heterocycles. The van der Waals surface area contributed by atoms with E-state index in [1.54, 1.807) is 0 Å². The van der Waals surface area contributed by atoms with Crippen LogP contribution in [0.5, 0.6) is 5.88 Å². The fourth-order valence-electron chi connectivity index (χ4n) is 0.923. The molecule has 2 aromatic heterocycles. The van der Waals surface area contributed by atoms with Gasteiger partial charge in [-0.25, -0.2) is 5.10 Å². The molecule has 0 radical (unpaired) electrons. The first kappa shape index (κ1) is 8.11. The first-order valence-electron chi connectivity index (χ1n) is 3.66. The molecule has 0 aliphatic carbocycles. The molecule has 6 nitrogen and oxygen atoms in total. The third kappa shape index (κ3) is 1.26. The van der Waals surface area contributed by atoms with Gasteiger partial charge in [0.25, 0.3) is 11.4 Å². The van der Waals surface area contributed by atoms with Gasteiger partial charge in [0.15, 0.2) is 11.0 Å². The van der Waals surface area contributed by atoms with Gasteiger partial charge in [-0.05, 0) is 6.92 Å². The molecule has 68 valence electrons. The molecule has 0 fully saturated rings. The van der Waals surface area contributed by atoms with Gasteiger partial charge in [0.2, 0.25) is 0 Å². The minimum absolute atomic E-state index is 0.281. The lowest BCUT2D eigenvalue weighted by molar-refractivity contribution is 0.326.